The van der Waals surface area contributed by atoms with Crippen molar-refractivity contribution in [3.63, 3.8) is 0 Å². The van der Waals surface area contributed by atoms with E-state index in [1.165, 1.54) is 18.4 Å². The molecule has 32 heavy (non-hydrogen) atoms. The molecule has 2 aromatic rings. The van der Waals surface area contributed by atoms with Crippen LogP contribution in [0, 0.1) is 0 Å². The fourth-order valence-electron chi connectivity index (χ4n) is 4.78. The number of methoxy groups -OCH3 is 1. The summed E-state index contributed by atoms with van der Waals surface area (Å²) in [6, 6.07) is 16.6. The molecule has 1 amide bonds. The molecule has 1 aliphatic carbocycles. The molecule has 2 fully saturated rings. The minimum Gasteiger partial charge on any atom is -0.493 e. The maximum absolute atomic E-state index is 11.9. The zero-order valence-electron chi connectivity index (χ0n) is 18.7. The van der Waals surface area contributed by atoms with Crippen molar-refractivity contribution in [1.29, 1.82) is 0 Å². The molecule has 1 heterocycles. The second-order valence-electron chi connectivity index (χ2n) is 8.65. The van der Waals surface area contributed by atoms with Gasteiger partial charge in [0.1, 0.15) is 0 Å². The van der Waals surface area contributed by atoms with Crippen LogP contribution in [-0.4, -0.2) is 61.4 Å². The molecule has 0 spiro atoms. The van der Waals surface area contributed by atoms with E-state index in [0.717, 1.165) is 56.1 Å². The number of benzene rings is 2. The fraction of sp³-hybridized carbons (Fsp3) is 0.480. The zero-order chi connectivity index (χ0) is 22.3. The first kappa shape index (κ1) is 22.4. The van der Waals surface area contributed by atoms with E-state index in [0.29, 0.717) is 0 Å². The van der Waals surface area contributed by atoms with E-state index in [-0.39, 0.29) is 24.6 Å². The van der Waals surface area contributed by atoms with Crippen LogP contribution >= 0.6 is 0 Å². The average Bonchev–Trinajstić information content (AvgIpc) is 3.34. The van der Waals surface area contributed by atoms with Gasteiger partial charge in [0, 0.05) is 37.4 Å². The summed E-state index contributed by atoms with van der Waals surface area (Å²) < 4.78 is 11.8. The number of nitrogens with zero attached hydrogens (tertiary/aromatic N) is 2. The monoisotopic (exact) mass is 439 g/mol. The van der Waals surface area contributed by atoms with Gasteiger partial charge in [0.25, 0.3) is 5.91 Å². The van der Waals surface area contributed by atoms with Crippen molar-refractivity contribution < 1.29 is 19.5 Å². The van der Waals surface area contributed by atoms with Gasteiger partial charge in [-0.3, -0.25) is 14.9 Å². The SMILES string of the molecule is COc1ccc(N2CCN(CC(=O)NO)[C@@H](Cc3ccccc3)C2)cc1OC1CCCC1. The van der Waals surface area contributed by atoms with Crippen molar-refractivity contribution in [2.75, 3.05) is 38.2 Å². The normalized spacial score (nSPS) is 19.7. The van der Waals surface area contributed by atoms with Crippen LogP contribution in [0.1, 0.15) is 31.2 Å². The maximum Gasteiger partial charge on any atom is 0.257 e. The number of anilines is 1. The van der Waals surface area contributed by atoms with E-state index in [9.17, 15) is 4.79 Å². The highest BCUT2D eigenvalue weighted by molar-refractivity contribution is 5.76. The van der Waals surface area contributed by atoms with E-state index in [4.69, 9.17) is 14.7 Å². The molecule has 1 saturated heterocycles. The third-order valence-electron chi connectivity index (χ3n) is 6.50. The molecule has 1 saturated carbocycles. The van der Waals surface area contributed by atoms with Crippen molar-refractivity contribution in [2.24, 2.45) is 0 Å². The highest BCUT2D eigenvalue weighted by Crippen LogP contribution is 2.35. The highest BCUT2D eigenvalue weighted by atomic mass is 16.5. The number of hydroxylamine groups is 1. The number of amides is 1. The number of hydrogen-bond acceptors (Lipinski definition) is 6. The number of ether oxygens (including phenoxy) is 2. The Morgan fingerprint density at radius 2 is 1.88 bits per heavy atom. The lowest BCUT2D eigenvalue weighted by Crippen LogP contribution is -2.56. The summed E-state index contributed by atoms with van der Waals surface area (Å²) in [6.07, 6.45) is 5.72. The summed E-state index contributed by atoms with van der Waals surface area (Å²) in [6.45, 7) is 2.48. The van der Waals surface area contributed by atoms with Gasteiger partial charge in [0.2, 0.25) is 0 Å². The van der Waals surface area contributed by atoms with Crippen LogP contribution in [0.25, 0.3) is 0 Å². The first-order valence-electron chi connectivity index (χ1n) is 11.5. The lowest BCUT2D eigenvalue weighted by Gasteiger charge is -2.42. The van der Waals surface area contributed by atoms with Crippen molar-refractivity contribution in [3.05, 3.63) is 54.1 Å². The van der Waals surface area contributed by atoms with E-state index >= 15 is 0 Å². The van der Waals surface area contributed by atoms with Gasteiger partial charge in [0.15, 0.2) is 11.5 Å². The smallest absolute Gasteiger partial charge is 0.257 e. The van der Waals surface area contributed by atoms with Crippen molar-refractivity contribution in [1.82, 2.24) is 10.4 Å². The quantitative estimate of drug-likeness (QED) is 0.486. The predicted molar refractivity (Wildman–Crippen MR) is 124 cm³/mol. The topological polar surface area (TPSA) is 74.3 Å². The molecule has 0 unspecified atom stereocenters. The number of nitrogens with one attached hydrogen (secondary N) is 1. The number of carbonyl (C=O) groups is 1. The van der Waals surface area contributed by atoms with E-state index in [2.05, 4.69) is 34.1 Å². The van der Waals surface area contributed by atoms with Crippen LogP contribution in [0.15, 0.2) is 48.5 Å². The van der Waals surface area contributed by atoms with E-state index in [1.807, 2.05) is 24.3 Å². The van der Waals surface area contributed by atoms with Crippen molar-refractivity contribution in [2.45, 2.75) is 44.2 Å². The molecule has 7 nitrogen and oxygen atoms in total. The number of carbonyl (C=O) groups excluding carboxylic acids is 1. The lowest BCUT2D eigenvalue weighted by molar-refractivity contribution is -0.131. The summed E-state index contributed by atoms with van der Waals surface area (Å²) >= 11 is 0. The minimum atomic E-state index is -0.381. The Morgan fingerprint density at radius 3 is 2.59 bits per heavy atom. The van der Waals surface area contributed by atoms with Crippen LogP contribution in [-0.2, 0) is 11.2 Å². The molecule has 2 aliphatic rings. The summed E-state index contributed by atoms with van der Waals surface area (Å²) in [5.41, 5.74) is 4.10. The van der Waals surface area contributed by atoms with E-state index < -0.39 is 0 Å². The van der Waals surface area contributed by atoms with Crippen molar-refractivity contribution >= 4 is 11.6 Å². The van der Waals surface area contributed by atoms with Crippen LogP contribution < -0.4 is 19.9 Å². The maximum atomic E-state index is 11.9. The Labute approximate surface area is 189 Å². The van der Waals surface area contributed by atoms with Crippen LogP contribution in [0.5, 0.6) is 11.5 Å². The molecular formula is C25H33N3O4. The average molecular weight is 440 g/mol. The molecule has 0 aromatic heterocycles. The van der Waals surface area contributed by atoms with Gasteiger partial charge in [-0.25, -0.2) is 5.48 Å². The molecule has 0 radical (unpaired) electrons. The van der Waals surface area contributed by atoms with Crippen LogP contribution in [0.4, 0.5) is 5.69 Å². The summed E-state index contributed by atoms with van der Waals surface area (Å²) in [5, 5.41) is 9.01. The standard InChI is InChI=1S/C25H33N3O4/c1-31-23-12-11-20(16-24(23)32-22-9-5-6-10-22)27-13-14-28(18-25(29)26-30)21(17-27)15-19-7-3-2-4-8-19/h2-4,7-8,11-12,16,21-22,30H,5-6,9-10,13-15,17-18H2,1H3,(H,26,29)/t21-/m0/s1. The molecule has 4 rings (SSSR count). The number of hydrogen-bond donors (Lipinski definition) is 2. The number of rotatable bonds is 8. The third-order valence-corrected chi connectivity index (χ3v) is 6.50. The van der Waals surface area contributed by atoms with Gasteiger partial charge >= 0.3 is 0 Å². The van der Waals surface area contributed by atoms with Gasteiger partial charge in [-0.05, 0) is 49.8 Å². The van der Waals surface area contributed by atoms with Gasteiger partial charge < -0.3 is 14.4 Å². The molecule has 1 aliphatic heterocycles. The predicted octanol–water partition coefficient (Wildman–Crippen LogP) is 3.26. The Kier molecular flexibility index (Phi) is 7.50. The molecule has 2 aromatic carbocycles. The summed E-state index contributed by atoms with van der Waals surface area (Å²) in [5.74, 6) is 1.19. The van der Waals surface area contributed by atoms with E-state index in [1.54, 1.807) is 12.6 Å². The van der Waals surface area contributed by atoms with Gasteiger partial charge in [-0.15, -0.1) is 0 Å². The first-order valence-corrected chi connectivity index (χ1v) is 11.5. The van der Waals surface area contributed by atoms with Crippen LogP contribution in [0.3, 0.4) is 0 Å². The van der Waals surface area contributed by atoms with Gasteiger partial charge in [-0.1, -0.05) is 30.3 Å². The number of piperazine rings is 1. The Morgan fingerprint density at radius 1 is 1.09 bits per heavy atom. The molecule has 0 bridgehead atoms. The Bertz CT molecular complexity index is 886. The zero-order valence-corrected chi connectivity index (χ0v) is 18.7. The Balaban J connectivity index is 1.52. The lowest BCUT2D eigenvalue weighted by atomic mass is 10.0. The summed E-state index contributed by atoms with van der Waals surface area (Å²) in [4.78, 5) is 16.4. The largest absolute Gasteiger partial charge is 0.493 e. The molecule has 2 N–H and O–H groups in total. The molecule has 7 heteroatoms. The Hall–Kier alpha value is -2.77. The molecule has 1 atom stereocenters. The first-order chi connectivity index (χ1) is 15.7. The van der Waals surface area contributed by atoms with Crippen LogP contribution in [0.2, 0.25) is 0 Å². The fourth-order valence-corrected chi connectivity index (χ4v) is 4.78. The second-order valence-corrected chi connectivity index (χ2v) is 8.65. The van der Waals surface area contributed by atoms with Gasteiger partial charge in [0.05, 0.1) is 19.8 Å². The highest BCUT2D eigenvalue weighted by Gasteiger charge is 2.29. The summed E-state index contributed by atoms with van der Waals surface area (Å²) in [7, 11) is 1.68. The van der Waals surface area contributed by atoms with Crippen molar-refractivity contribution in [3.8, 4) is 11.5 Å². The third kappa shape index (κ3) is 5.53. The minimum absolute atomic E-state index is 0.143. The van der Waals surface area contributed by atoms with Gasteiger partial charge in [-0.2, -0.15) is 0 Å². The molecular weight excluding hydrogens is 406 g/mol. The molecule has 172 valence electrons. The second kappa shape index (κ2) is 10.7.